The maximum absolute atomic E-state index is 13.9. The highest BCUT2D eigenvalue weighted by Crippen LogP contribution is 2.29. The number of hydrogen-bond acceptors (Lipinski definition) is 5. The molecule has 1 aliphatic heterocycles. The van der Waals surface area contributed by atoms with E-state index < -0.39 is 6.04 Å². The molecule has 1 aliphatic rings. The van der Waals surface area contributed by atoms with E-state index in [9.17, 15) is 9.59 Å². The highest BCUT2D eigenvalue weighted by Gasteiger charge is 2.32. The van der Waals surface area contributed by atoms with Crippen molar-refractivity contribution in [2.24, 2.45) is 5.92 Å². The number of hydrogen-bond donors (Lipinski definition) is 1. The Morgan fingerprint density at radius 3 is 2.37 bits per heavy atom. The first kappa shape index (κ1) is 33.9. The second kappa shape index (κ2) is 15.9. The fraction of sp³-hybridized carbons (Fsp3) is 0.500. The molecule has 5 rings (SSSR count). The Kier molecular flexibility index (Phi) is 11.7. The van der Waals surface area contributed by atoms with E-state index >= 15 is 0 Å². The van der Waals surface area contributed by atoms with Crippen molar-refractivity contribution in [2.45, 2.75) is 97.8 Å². The van der Waals surface area contributed by atoms with Crippen molar-refractivity contribution < 1.29 is 9.59 Å². The van der Waals surface area contributed by atoms with Gasteiger partial charge in [0, 0.05) is 48.6 Å². The molecule has 2 aromatic carbocycles. The van der Waals surface area contributed by atoms with E-state index in [1.165, 1.54) is 10.4 Å². The summed E-state index contributed by atoms with van der Waals surface area (Å²) < 4.78 is 2.37. The summed E-state index contributed by atoms with van der Waals surface area (Å²) in [6.07, 6.45) is 5.30. The number of thiophene rings is 1. The van der Waals surface area contributed by atoms with Gasteiger partial charge in [-0.1, -0.05) is 71.0 Å². The minimum atomic E-state index is -0.553. The van der Waals surface area contributed by atoms with Crippen LogP contribution in [0.3, 0.4) is 0 Å². The summed E-state index contributed by atoms with van der Waals surface area (Å²) in [6.45, 7) is 14.2. The lowest BCUT2D eigenvalue weighted by atomic mass is 9.98. The summed E-state index contributed by atoms with van der Waals surface area (Å²) in [7, 11) is 0. The Bertz CT molecular complexity index is 1550. The highest BCUT2D eigenvalue weighted by molar-refractivity contribution is 7.09. The number of aromatic nitrogens is 2. The van der Waals surface area contributed by atoms with Gasteiger partial charge >= 0.3 is 0 Å². The maximum atomic E-state index is 13.9. The number of benzene rings is 2. The second-order valence-electron chi connectivity index (χ2n) is 13.1. The smallest absolute Gasteiger partial charge is 0.252 e. The first-order valence-corrected chi connectivity index (χ1v) is 18.1. The molecule has 46 heavy (non-hydrogen) atoms. The minimum absolute atomic E-state index is 0.0314. The normalized spacial score (nSPS) is 14.9. The number of nitrogens with zero attached hydrogens (tertiary/aromatic N) is 4. The molecule has 0 saturated carbocycles. The summed E-state index contributed by atoms with van der Waals surface area (Å²) in [5.41, 5.74) is 3.75. The fourth-order valence-corrected chi connectivity index (χ4v) is 7.67. The van der Waals surface area contributed by atoms with Crippen LogP contribution >= 0.6 is 11.3 Å². The summed E-state index contributed by atoms with van der Waals surface area (Å²) in [6, 6.07) is 20.9. The molecular formula is C38H51N5O2S. The molecule has 1 N–H and O–H groups in total. The number of imidazole rings is 1. The molecule has 0 bridgehead atoms. The SMILES string of the molecule is CCC(CC)n1c(Cc2cccs2)nc2cc(C(=O)N[C@@H](CC(C)C)C(=O)N3CCC(N(CC)Cc4ccccc4)CC3)ccc21. The van der Waals surface area contributed by atoms with Gasteiger partial charge in [-0.25, -0.2) is 4.98 Å². The van der Waals surface area contributed by atoms with Gasteiger partial charge in [0.2, 0.25) is 5.91 Å². The molecule has 4 aromatic rings. The third-order valence-corrected chi connectivity index (χ3v) is 10.4. The molecule has 0 radical (unpaired) electrons. The van der Waals surface area contributed by atoms with Crippen LogP contribution in [0.15, 0.2) is 66.0 Å². The van der Waals surface area contributed by atoms with Crippen LogP contribution in [-0.2, 0) is 17.8 Å². The third-order valence-electron chi connectivity index (χ3n) is 9.48. The van der Waals surface area contributed by atoms with E-state index in [0.717, 1.165) is 62.1 Å². The van der Waals surface area contributed by atoms with Crippen molar-refractivity contribution in [3.8, 4) is 0 Å². The van der Waals surface area contributed by atoms with E-state index in [-0.39, 0.29) is 17.7 Å². The van der Waals surface area contributed by atoms with Crippen LogP contribution < -0.4 is 5.32 Å². The van der Waals surface area contributed by atoms with Crippen molar-refractivity contribution in [3.63, 3.8) is 0 Å². The fourth-order valence-electron chi connectivity index (χ4n) is 6.97. The highest BCUT2D eigenvalue weighted by atomic mass is 32.1. The predicted octanol–water partition coefficient (Wildman–Crippen LogP) is 7.71. The zero-order valence-corrected chi connectivity index (χ0v) is 29.1. The van der Waals surface area contributed by atoms with Crippen molar-refractivity contribution in [3.05, 3.63) is 87.9 Å². The maximum Gasteiger partial charge on any atom is 0.252 e. The Morgan fingerprint density at radius 2 is 1.74 bits per heavy atom. The Labute approximate surface area is 279 Å². The van der Waals surface area contributed by atoms with Crippen molar-refractivity contribution in [1.82, 2.24) is 24.7 Å². The largest absolute Gasteiger partial charge is 0.341 e. The van der Waals surface area contributed by atoms with Crippen molar-refractivity contribution >= 4 is 34.2 Å². The zero-order valence-electron chi connectivity index (χ0n) is 28.2. The van der Waals surface area contributed by atoms with Crippen LogP contribution in [0, 0.1) is 5.92 Å². The molecule has 2 amide bonds. The number of fused-ring (bicyclic) bond motifs is 1. The van der Waals surface area contributed by atoms with Gasteiger partial charge in [0.05, 0.1) is 11.0 Å². The lowest BCUT2D eigenvalue weighted by Crippen LogP contribution is -2.53. The Balaban J connectivity index is 1.28. The van der Waals surface area contributed by atoms with Crippen molar-refractivity contribution in [1.29, 1.82) is 0 Å². The molecule has 0 aliphatic carbocycles. The van der Waals surface area contributed by atoms with Crippen LogP contribution in [-0.4, -0.2) is 62.9 Å². The first-order valence-electron chi connectivity index (χ1n) is 17.2. The summed E-state index contributed by atoms with van der Waals surface area (Å²) in [5.74, 6) is 1.12. The van der Waals surface area contributed by atoms with Crippen LogP contribution in [0.1, 0.15) is 99.4 Å². The number of likely N-dealkylation sites (tertiary alicyclic amines) is 1. The van der Waals surface area contributed by atoms with Gasteiger partial charge in [0.15, 0.2) is 0 Å². The van der Waals surface area contributed by atoms with Gasteiger partial charge in [-0.3, -0.25) is 14.5 Å². The molecule has 246 valence electrons. The number of amides is 2. The summed E-state index contributed by atoms with van der Waals surface area (Å²) >= 11 is 1.74. The number of carbonyl (C=O) groups excluding carboxylic acids is 2. The van der Waals surface area contributed by atoms with Gasteiger partial charge < -0.3 is 14.8 Å². The monoisotopic (exact) mass is 641 g/mol. The van der Waals surface area contributed by atoms with Crippen LogP contribution in [0.25, 0.3) is 11.0 Å². The van der Waals surface area contributed by atoms with E-state index in [0.29, 0.717) is 37.2 Å². The van der Waals surface area contributed by atoms with Gasteiger partial charge in [-0.15, -0.1) is 11.3 Å². The molecule has 7 nitrogen and oxygen atoms in total. The molecule has 1 saturated heterocycles. The number of piperidine rings is 1. The molecule has 3 heterocycles. The molecule has 1 fully saturated rings. The topological polar surface area (TPSA) is 70.5 Å². The predicted molar refractivity (Wildman–Crippen MR) is 189 cm³/mol. The van der Waals surface area contributed by atoms with Gasteiger partial charge in [0.25, 0.3) is 5.91 Å². The van der Waals surface area contributed by atoms with Crippen LogP contribution in [0.5, 0.6) is 0 Å². The molecular weight excluding hydrogens is 591 g/mol. The van der Waals surface area contributed by atoms with Crippen molar-refractivity contribution in [2.75, 3.05) is 19.6 Å². The molecule has 2 aromatic heterocycles. The number of carbonyl (C=O) groups is 2. The average molecular weight is 642 g/mol. The number of nitrogens with one attached hydrogen (secondary N) is 1. The standard InChI is InChI=1S/C38H51N5O2S/c1-6-30(7-2)43-35-17-16-29(24-33(35)39-36(43)25-32-15-12-22-46-32)37(44)40-34(23-27(4)5)38(45)42-20-18-31(19-21-42)41(8-3)26-28-13-10-9-11-14-28/h9-17,22,24,27,30-31,34H,6-8,18-21,23,25-26H2,1-5H3,(H,40,44)/t34-/m0/s1. The second-order valence-corrected chi connectivity index (χ2v) is 14.1. The molecule has 0 spiro atoms. The average Bonchev–Trinajstić information content (AvgIpc) is 3.71. The van der Waals surface area contributed by atoms with Gasteiger partial charge in [0.1, 0.15) is 11.9 Å². The van der Waals surface area contributed by atoms with E-state index in [1.54, 1.807) is 11.3 Å². The summed E-state index contributed by atoms with van der Waals surface area (Å²) in [4.78, 5) is 38.4. The molecule has 0 unspecified atom stereocenters. The third kappa shape index (κ3) is 8.07. The number of rotatable bonds is 14. The Morgan fingerprint density at radius 1 is 1.00 bits per heavy atom. The van der Waals surface area contributed by atoms with E-state index in [2.05, 4.69) is 97.2 Å². The molecule has 1 atom stereocenters. The van der Waals surface area contributed by atoms with E-state index in [1.807, 2.05) is 23.1 Å². The van der Waals surface area contributed by atoms with Gasteiger partial charge in [-0.05, 0) is 79.8 Å². The first-order chi connectivity index (χ1) is 22.3. The lowest BCUT2D eigenvalue weighted by molar-refractivity contribution is -0.135. The van der Waals surface area contributed by atoms with E-state index in [4.69, 9.17) is 4.98 Å². The molecule has 8 heteroatoms. The quantitative estimate of drug-likeness (QED) is 0.153. The van der Waals surface area contributed by atoms with Gasteiger partial charge in [-0.2, -0.15) is 0 Å². The van der Waals surface area contributed by atoms with Crippen LogP contribution in [0.4, 0.5) is 0 Å². The Hall–Kier alpha value is -3.49. The summed E-state index contributed by atoms with van der Waals surface area (Å²) in [5, 5.41) is 5.24. The van der Waals surface area contributed by atoms with Crippen LogP contribution in [0.2, 0.25) is 0 Å². The zero-order chi connectivity index (χ0) is 32.6. The lowest BCUT2D eigenvalue weighted by Gasteiger charge is -2.39. The minimum Gasteiger partial charge on any atom is -0.341 e.